The van der Waals surface area contributed by atoms with E-state index in [0.29, 0.717) is 0 Å². The number of anilines is 1. The lowest BCUT2D eigenvalue weighted by Gasteiger charge is -2.37. The number of amides is 1. The molecular weight excluding hydrogens is 398 g/mol. The smallest absolute Gasteiger partial charge is 0.223 e. The molecule has 2 aromatic rings. The van der Waals surface area contributed by atoms with Gasteiger partial charge >= 0.3 is 0 Å². The number of thiazole rings is 1. The Balaban J connectivity index is 1.22. The number of nitrogens with one attached hydrogen (secondary N) is 1. The van der Waals surface area contributed by atoms with Gasteiger partial charge < -0.3 is 19.7 Å². The fourth-order valence-corrected chi connectivity index (χ4v) is 4.77. The highest BCUT2D eigenvalue weighted by Gasteiger charge is 2.37. The van der Waals surface area contributed by atoms with Gasteiger partial charge in [-0.3, -0.25) is 4.79 Å². The molecule has 7 heteroatoms. The first kappa shape index (κ1) is 20.7. The third-order valence-electron chi connectivity index (χ3n) is 5.90. The van der Waals surface area contributed by atoms with Crippen LogP contribution in [-0.4, -0.2) is 43.2 Å². The van der Waals surface area contributed by atoms with Gasteiger partial charge in [-0.25, -0.2) is 4.98 Å². The first-order chi connectivity index (χ1) is 14.7. The Hall–Kier alpha value is -2.54. The molecular formula is C23H29N3O3S. The molecule has 2 heterocycles. The van der Waals surface area contributed by atoms with Crippen LogP contribution in [0.4, 0.5) is 5.13 Å². The van der Waals surface area contributed by atoms with Gasteiger partial charge in [-0.2, -0.15) is 0 Å². The summed E-state index contributed by atoms with van der Waals surface area (Å²) in [4.78, 5) is 19.3. The van der Waals surface area contributed by atoms with Crippen molar-refractivity contribution in [3.63, 3.8) is 0 Å². The first-order valence-electron chi connectivity index (χ1n) is 10.6. The predicted octanol–water partition coefficient (Wildman–Crippen LogP) is 3.82. The van der Waals surface area contributed by atoms with Crippen molar-refractivity contribution < 1.29 is 14.3 Å². The average Bonchev–Trinajstić information content (AvgIpc) is 3.26. The summed E-state index contributed by atoms with van der Waals surface area (Å²) in [5.41, 5.74) is 1.14. The summed E-state index contributed by atoms with van der Waals surface area (Å²) in [7, 11) is 1.65. The molecule has 6 nitrogen and oxygen atoms in total. The molecule has 0 unspecified atom stereocenters. The second-order valence-electron chi connectivity index (χ2n) is 7.97. The van der Waals surface area contributed by atoms with Gasteiger partial charge in [0.25, 0.3) is 0 Å². The molecule has 0 atom stereocenters. The van der Waals surface area contributed by atoms with Gasteiger partial charge in [-0.15, -0.1) is 17.9 Å². The fraction of sp³-hybridized carbons (Fsp3) is 0.478. The van der Waals surface area contributed by atoms with Crippen LogP contribution in [0.15, 0.2) is 42.4 Å². The summed E-state index contributed by atoms with van der Waals surface area (Å²) >= 11 is 1.67. The van der Waals surface area contributed by atoms with Crippen molar-refractivity contribution >= 4 is 22.4 Å². The molecule has 30 heavy (non-hydrogen) atoms. The third-order valence-corrected chi connectivity index (χ3v) is 6.73. The van der Waals surface area contributed by atoms with Crippen molar-refractivity contribution in [2.75, 3.05) is 25.1 Å². The summed E-state index contributed by atoms with van der Waals surface area (Å²) in [6.45, 7) is 5.67. The number of hydrogen-bond donors (Lipinski definition) is 1. The molecule has 1 amide bonds. The van der Waals surface area contributed by atoms with Crippen LogP contribution in [0.5, 0.6) is 11.5 Å². The maximum Gasteiger partial charge on any atom is 0.223 e. The molecule has 1 saturated carbocycles. The largest absolute Gasteiger partial charge is 0.493 e. The second kappa shape index (κ2) is 9.51. The molecule has 1 N–H and O–H groups in total. The SMILES string of the molecule is C=CCc1ccc(OC)c(O[C@H]2C[C@H](C(=O)NC3CCN(c4nccs4)CC3)C2)c1. The van der Waals surface area contributed by atoms with Crippen LogP contribution >= 0.6 is 11.3 Å². The minimum absolute atomic E-state index is 0.0364. The Kier molecular flexibility index (Phi) is 6.57. The van der Waals surface area contributed by atoms with Crippen LogP contribution in [0.1, 0.15) is 31.2 Å². The second-order valence-corrected chi connectivity index (χ2v) is 8.84. The number of aromatic nitrogens is 1. The van der Waals surface area contributed by atoms with E-state index < -0.39 is 0 Å². The van der Waals surface area contributed by atoms with E-state index in [9.17, 15) is 4.79 Å². The van der Waals surface area contributed by atoms with Gasteiger partial charge in [0.1, 0.15) is 6.10 Å². The molecule has 1 saturated heterocycles. The van der Waals surface area contributed by atoms with Crippen LogP contribution in [0.2, 0.25) is 0 Å². The van der Waals surface area contributed by atoms with E-state index in [-0.39, 0.29) is 24.0 Å². The normalized spacial score (nSPS) is 21.6. The predicted molar refractivity (Wildman–Crippen MR) is 120 cm³/mol. The van der Waals surface area contributed by atoms with Crippen molar-refractivity contribution in [3.05, 3.63) is 48.0 Å². The summed E-state index contributed by atoms with van der Waals surface area (Å²) in [6, 6.07) is 6.20. The number of benzene rings is 1. The van der Waals surface area contributed by atoms with Crippen molar-refractivity contribution in [1.29, 1.82) is 0 Å². The van der Waals surface area contributed by atoms with Crippen molar-refractivity contribution in [2.24, 2.45) is 5.92 Å². The Labute approximate surface area is 181 Å². The Bertz CT molecular complexity index is 857. The molecule has 0 spiro atoms. The standard InChI is InChI=1S/C23H29N3O3S/c1-3-4-16-5-6-20(28-2)21(13-16)29-19-14-17(15-19)22(27)25-18-7-10-26(11-8-18)23-24-9-12-30-23/h3,5-6,9,12-13,17-19H,1,4,7-8,10-11,14-15H2,2H3,(H,25,27)/t17-,19-. The lowest BCUT2D eigenvalue weighted by atomic mass is 9.81. The monoisotopic (exact) mass is 427 g/mol. The molecule has 2 aliphatic rings. The highest BCUT2D eigenvalue weighted by molar-refractivity contribution is 7.13. The molecule has 0 radical (unpaired) electrons. The number of methoxy groups -OCH3 is 1. The summed E-state index contributed by atoms with van der Waals surface area (Å²) in [6.07, 6.45) is 7.98. The fourth-order valence-electron chi connectivity index (χ4n) is 4.07. The van der Waals surface area contributed by atoms with Crippen molar-refractivity contribution in [1.82, 2.24) is 10.3 Å². The molecule has 1 aromatic carbocycles. The zero-order valence-electron chi connectivity index (χ0n) is 17.4. The number of hydrogen-bond acceptors (Lipinski definition) is 6. The van der Waals surface area contributed by atoms with Crippen molar-refractivity contribution in [2.45, 2.75) is 44.2 Å². The molecule has 1 aliphatic heterocycles. The van der Waals surface area contributed by atoms with Gasteiger partial charge in [0, 0.05) is 36.6 Å². The minimum Gasteiger partial charge on any atom is -0.493 e. The highest BCUT2D eigenvalue weighted by atomic mass is 32.1. The zero-order chi connectivity index (χ0) is 20.9. The molecule has 1 aromatic heterocycles. The highest BCUT2D eigenvalue weighted by Crippen LogP contribution is 2.36. The number of allylic oxidation sites excluding steroid dienone is 1. The Morgan fingerprint density at radius 1 is 1.33 bits per heavy atom. The quantitative estimate of drug-likeness (QED) is 0.649. The Morgan fingerprint density at radius 2 is 2.13 bits per heavy atom. The number of ether oxygens (including phenoxy) is 2. The van der Waals surface area contributed by atoms with Crippen LogP contribution in [-0.2, 0) is 11.2 Å². The molecule has 160 valence electrons. The van der Waals surface area contributed by atoms with E-state index in [1.807, 2.05) is 35.9 Å². The van der Waals surface area contributed by atoms with E-state index >= 15 is 0 Å². The summed E-state index contributed by atoms with van der Waals surface area (Å²) in [5, 5.41) is 6.32. The van der Waals surface area contributed by atoms with Gasteiger partial charge in [-0.1, -0.05) is 12.1 Å². The lowest BCUT2D eigenvalue weighted by Crippen LogP contribution is -2.50. The Morgan fingerprint density at radius 3 is 2.80 bits per heavy atom. The van der Waals surface area contributed by atoms with Crippen LogP contribution in [0, 0.1) is 5.92 Å². The van der Waals surface area contributed by atoms with Gasteiger partial charge in [-0.05, 0) is 49.8 Å². The van der Waals surface area contributed by atoms with E-state index in [0.717, 1.165) is 67.4 Å². The number of piperidine rings is 1. The zero-order valence-corrected chi connectivity index (χ0v) is 18.2. The maximum absolute atomic E-state index is 12.6. The van der Waals surface area contributed by atoms with Crippen molar-refractivity contribution in [3.8, 4) is 11.5 Å². The third kappa shape index (κ3) is 4.78. The first-order valence-corrected chi connectivity index (χ1v) is 11.4. The average molecular weight is 428 g/mol. The van der Waals surface area contributed by atoms with Gasteiger partial charge in [0.2, 0.25) is 5.91 Å². The number of carbonyl (C=O) groups is 1. The van der Waals surface area contributed by atoms with E-state index in [4.69, 9.17) is 9.47 Å². The minimum atomic E-state index is 0.0364. The van der Waals surface area contributed by atoms with E-state index in [1.54, 1.807) is 18.4 Å². The molecule has 2 fully saturated rings. The summed E-state index contributed by atoms with van der Waals surface area (Å²) in [5.74, 6) is 1.67. The van der Waals surface area contributed by atoms with Gasteiger partial charge in [0.15, 0.2) is 16.6 Å². The van der Waals surface area contributed by atoms with Crippen LogP contribution < -0.4 is 19.7 Å². The summed E-state index contributed by atoms with van der Waals surface area (Å²) < 4.78 is 11.6. The molecule has 4 rings (SSSR count). The van der Waals surface area contributed by atoms with Crippen LogP contribution in [0.25, 0.3) is 0 Å². The lowest BCUT2D eigenvalue weighted by molar-refractivity contribution is -0.131. The van der Waals surface area contributed by atoms with Crippen LogP contribution in [0.3, 0.4) is 0 Å². The topological polar surface area (TPSA) is 63.7 Å². The number of rotatable bonds is 8. The molecule has 0 bridgehead atoms. The molecule has 1 aliphatic carbocycles. The number of carbonyl (C=O) groups excluding carboxylic acids is 1. The number of nitrogens with zero attached hydrogens (tertiary/aromatic N) is 2. The van der Waals surface area contributed by atoms with E-state index in [1.165, 1.54) is 0 Å². The van der Waals surface area contributed by atoms with Gasteiger partial charge in [0.05, 0.1) is 7.11 Å². The van der Waals surface area contributed by atoms with E-state index in [2.05, 4.69) is 21.8 Å². The maximum atomic E-state index is 12.6.